The zero-order chi connectivity index (χ0) is 14.2. The van der Waals surface area contributed by atoms with Crippen molar-refractivity contribution >= 4 is 27.4 Å². The maximum atomic E-state index is 12.3. The van der Waals surface area contributed by atoms with E-state index in [0.717, 1.165) is 11.3 Å². The SMILES string of the molecule is Cc1nn(C)c(NS(=O)(=O)c2ccccc2Cl)c1C. The third-order valence-corrected chi connectivity index (χ3v) is 4.72. The van der Waals surface area contributed by atoms with Crippen molar-refractivity contribution in [3.63, 3.8) is 0 Å². The fourth-order valence-corrected chi connectivity index (χ4v) is 3.42. The summed E-state index contributed by atoms with van der Waals surface area (Å²) in [5.74, 6) is 0.442. The number of halogens is 1. The molecule has 1 N–H and O–H groups in total. The summed E-state index contributed by atoms with van der Waals surface area (Å²) in [5.41, 5.74) is 1.57. The van der Waals surface area contributed by atoms with Crippen LogP contribution in [0, 0.1) is 13.8 Å². The smallest absolute Gasteiger partial charge is 0.263 e. The average Bonchev–Trinajstić information content (AvgIpc) is 2.56. The van der Waals surface area contributed by atoms with Gasteiger partial charge in [0.2, 0.25) is 0 Å². The Labute approximate surface area is 117 Å². The van der Waals surface area contributed by atoms with Crippen LogP contribution >= 0.6 is 11.6 Å². The Balaban J connectivity index is 2.46. The first kappa shape index (κ1) is 13.9. The Bertz CT molecular complexity index is 723. The molecule has 0 aliphatic carbocycles. The van der Waals surface area contributed by atoms with Gasteiger partial charge in [-0.2, -0.15) is 5.10 Å². The summed E-state index contributed by atoms with van der Waals surface area (Å²) in [6.07, 6.45) is 0. The van der Waals surface area contributed by atoms with E-state index in [9.17, 15) is 8.42 Å². The second-order valence-corrected chi connectivity index (χ2v) is 6.28. The van der Waals surface area contributed by atoms with Crippen molar-refractivity contribution in [1.29, 1.82) is 0 Å². The van der Waals surface area contributed by atoms with Crippen LogP contribution in [0.5, 0.6) is 0 Å². The second-order valence-electron chi connectivity index (χ2n) is 4.22. The van der Waals surface area contributed by atoms with Crippen molar-refractivity contribution in [3.8, 4) is 0 Å². The topological polar surface area (TPSA) is 64.0 Å². The molecule has 2 aromatic rings. The van der Waals surface area contributed by atoms with E-state index in [-0.39, 0.29) is 9.92 Å². The molecular weight excluding hydrogens is 286 g/mol. The monoisotopic (exact) mass is 299 g/mol. The highest BCUT2D eigenvalue weighted by atomic mass is 35.5. The lowest BCUT2D eigenvalue weighted by Gasteiger charge is -2.10. The van der Waals surface area contributed by atoms with Crippen LogP contribution in [0.25, 0.3) is 0 Å². The van der Waals surface area contributed by atoms with Crippen molar-refractivity contribution in [1.82, 2.24) is 9.78 Å². The van der Waals surface area contributed by atoms with E-state index in [1.807, 2.05) is 13.8 Å². The third kappa shape index (κ3) is 2.59. The number of benzene rings is 1. The number of hydrogen-bond donors (Lipinski definition) is 1. The second kappa shape index (κ2) is 4.86. The third-order valence-electron chi connectivity index (χ3n) is 2.88. The standard InChI is InChI=1S/C12H14ClN3O2S/c1-8-9(2)14-16(3)12(8)15-19(17,18)11-7-5-4-6-10(11)13/h4-7,15H,1-3H3. The van der Waals surface area contributed by atoms with Gasteiger partial charge in [0, 0.05) is 12.6 Å². The molecule has 2 rings (SSSR count). The van der Waals surface area contributed by atoms with Gasteiger partial charge in [0.05, 0.1) is 10.7 Å². The summed E-state index contributed by atoms with van der Waals surface area (Å²) in [6, 6.07) is 6.31. The number of nitrogens with zero attached hydrogens (tertiary/aromatic N) is 2. The summed E-state index contributed by atoms with van der Waals surface area (Å²) in [7, 11) is -2.03. The minimum Gasteiger partial charge on any atom is -0.263 e. The van der Waals surface area contributed by atoms with E-state index < -0.39 is 10.0 Å². The van der Waals surface area contributed by atoms with E-state index in [1.54, 1.807) is 19.2 Å². The van der Waals surface area contributed by atoms with E-state index >= 15 is 0 Å². The molecule has 0 radical (unpaired) electrons. The quantitative estimate of drug-likeness (QED) is 0.947. The minimum absolute atomic E-state index is 0.0509. The number of anilines is 1. The Hall–Kier alpha value is -1.53. The van der Waals surface area contributed by atoms with Crippen LogP contribution in [0.15, 0.2) is 29.2 Å². The largest absolute Gasteiger partial charge is 0.264 e. The average molecular weight is 300 g/mol. The van der Waals surface area contributed by atoms with Gasteiger partial charge in [-0.3, -0.25) is 9.40 Å². The maximum Gasteiger partial charge on any atom is 0.264 e. The lowest BCUT2D eigenvalue weighted by Crippen LogP contribution is -2.16. The predicted molar refractivity (Wildman–Crippen MR) is 74.9 cm³/mol. The molecule has 5 nitrogen and oxygen atoms in total. The van der Waals surface area contributed by atoms with Crippen LogP contribution < -0.4 is 4.72 Å². The number of sulfonamides is 1. The van der Waals surface area contributed by atoms with E-state index in [1.165, 1.54) is 16.8 Å². The van der Waals surface area contributed by atoms with Crippen molar-refractivity contribution in [3.05, 3.63) is 40.5 Å². The Morgan fingerprint density at radius 3 is 2.42 bits per heavy atom. The number of hydrogen-bond acceptors (Lipinski definition) is 3. The van der Waals surface area contributed by atoms with Gasteiger partial charge in [-0.15, -0.1) is 0 Å². The molecule has 102 valence electrons. The molecule has 0 unspecified atom stereocenters. The summed E-state index contributed by atoms with van der Waals surface area (Å²) >= 11 is 5.92. The van der Waals surface area contributed by atoms with Crippen LogP contribution in [0.1, 0.15) is 11.3 Å². The lowest BCUT2D eigenvalue weighted by molar-refractivity contribution is 0.600. The van der Waals surface area contributed by atoms with Crippen molar-refractivity contribution in [2.75, 3.05) is 4.72 Å². The van der Waals surface area contributed by atoms with Gasteiger partial charge in [-0.25, -0.2) is 8.42 Å². The zero-order valence-corrected chi connectivity index (χ0v) is 12.4. The van der Waals surface area contributed by atoms with E-state index in [4.69, 9.17) is 11.6 Å². The van der Waals surface area contributed by atoms with Gasteiger partial charge in [-0.05, 0) is 26.0 Å². The first-order chi connectivity index (χ1) is 8.83. The first-order valence-electron chi connectivity index (χ1n) is 5.60. The Morgan fingerprint density at radius 2 is 1.89 bits per heavy atom. The molecule has 0 amide bonds. The molecule has 0 fully saturated rings. The number of nitrogens with one attached hydrogen (secondary N) is 1. The van der Waals surface area contributed by atoms with Gasteiger partial charge < -0.3 is 0 Å². The summed E-state index contributed by atoms with van der Waals surface area (Å²) < 4.78 is 28.6. The molecule has 0 atom stereocenters. The van der Waals surface area contributed by atoms with Crippen LogP contribution in [-0.2, 0) is 17.1 Å². The van der Waals surface area contributed by atoms with Crippen LogP contribution in [0.4, 0.5) is 5.82 Å². The summed E-state index contributed by atoms with van der Waals surface area (Å²) in [4.78, 5) is 0.0509. The maximum absolute atomic E-state index is 12.3. The van der Waals surface area contributed by atoms with E-state index in [0.29, 0.717) is 5.82 Å². The van der Waals surface area contributed by atoms with Gasteiger partial charge in [0.1, 0.15) is 10.7 Å². The molecule has 0 saturated carbocycles. The molecule has 0 aliphatic rings. The molecule has 1 aromatic carbocycles. The highest BCUT2D eigenvalue weighted by molar-refractivity contribution is 7.92. The lowest BCUT2D eigenvalue weighted by atomic mass is 10.3. The summed E-state index contributed by atoms with van der Waals surface area (Å²) in [5, 5.41) is 4.35. The predicted octanol–water partition coefficient (Wildman–Crippen LogP) is 2.49. The molecule has 7 heteroatoms. The molecule has 1 heterocycles. The van der Waals surface area contributed by atoms with Gasteiger partial charge in [0.15, 0.2) is 0 Å². The van der Waals surface area contributed by atoms with Crippen LogP contribution in [0.2, 0.25) is 5.02 Å². The van der Waals surface area contributed by atoms with Crippen molar-refractivity contribution in [2.45, 2.75) is 18.7 Å². The molecule has 19 heavy (non-hydrogen) atoms. The fourth-order valence-electron chi connectivity index (χ4n) is 1.75. The highest BCUT2D eigenvalue weighted by Crippen LogP contribution is 2.25. The zero-order valence-electron chi connectivity index (χ0n) is 10.8. The molecule has 0 saturated heterocycles. The van der Waals surface area contributed by atoms with Crippen molar-refractivity contribution in [2.24, 2.45) is 7.05 Å². The fraction of sp³-hybridized carbons (Fsp3) is 0.250. The highest BCUT2D eigenvalue weighted by Gasteiger charge is 2.21. The molecule has 0 bridgehead atoms. The molecule has 1 aromatic heterocycles. The van der Waals surface area contributed by atoms with Gasteiger partial charge in [-0.1, -0.05) is 23.7 Å². The Morgan fingerprint density at radius 1 is 1.26 bits per heavy atom. The minimum atomic E-state index is -3.72. The summed E-state index contributed by atoms with van der Waals surface area (Å²) in [6.45, 7) is 3.63. The first-order valence-corrected chi connectivity index (χ1v) is 7.46. The normalized spacial score (nSPS) is 11.6. The molecular formula is C12H14ClN3O2S. The molecule has 0 aliphatic heterocycles. The molecule has 0 spiro atoms. The number of aryl methyl sites for hydroxylation is 2. The van der Waals surface area contributed by atoms with Crippen LogP contribution in [-0.4, -0.2) is 18.2 Å². The van der Waals surface area contributed by atoms with Gasteiger partial charge >= 0.3 is 0 Å². The Kier molecular flexibility index (Phi) is 3.56. The number of rotatable bonds is 3. The van der Waals surface area contributed by atoms with Crippen molar-refractivity contribution < 1.29 is 8.42 Å². The number of aromatic nitrogens is 2. The van der Waals surface area contributed by atoms with E-state index in [2.05, 4.69) is 9.82 Å². The van der Waals surface area contributed by atoms with Crippen LogP contribution in [0.3, 0.4) is 0 Å². The van der Waals surface area contributed by atoms with Gasteiger partial charge in [0.25, 0.3) is 10.0 Å².